The zero-order valence-corrected chi connectivity index (χ0v) is 15.7. The second-order valence-corrected chi connectivity index (χ2v) is 6.29. The minimum absolute atomic E-state index is 0.187. The van der Waals surface area contributed by atoms with Crippen molar-refractivity contribution in [2.75, 3.05) is 6.61 Å². The highest BCUT2D eigenvalue weighted by molar-refractivity contribution is 9.10. The molecular formula is C19H18BrN3O2. The molecule has 0 bridgehead atoms. The van der Waals surface area contributed by atoms with Gasteiger partial charge < -0.3 is 4.74 Å². The van der Waals surface area contributed by atoms with E-state index in [9.17, 15) is 4.79 Å². The van der Waals surface area contributed by atoms with E-state index in [-0.39, 0.29) is 5.56 Å². The number of rotatable bonds is 5. The van der Waals surface area contributed by atoms with Gasteiger partial charge in [0, 0.05) is 16.5 Å². The maximum absolute atomic E-state index is 12.8. The van der Waals surface area contributed by atoms with E-state index in [0.717, 1.165) is 15.8 Å². The fourth-order valence-corrected chi connectivity index (χ4v) is 2.90. The molecule has 0 aliphatic carbocycles. The van der Waals surface area contributed by atoms with Gasteiger partial charge in [-0.2, -0.15) is 9.78 Å². The van der Waals surface area contributed by atoms with Crippen LogP contribution in [0.2, 0.25) is 0 Å². The normalized spacial score (nSPS) is 11.3. The van der Waals surface area contributed by atoms with Crippen LogP contribution >= 0.6 is 15.9 Å². The minimum Gasteiger partial charge on any atom is -0.493 e. The van der Waals surface area contributed by atoms with Crippen LogP contribution in [0.1, 0.15) is 25.2 Å². The molecule has 0 fully saturated rings. The number of ether oxygens (including phenoxy) is 1. The Hall–Kier alpha value is -2.47. The molecule has 0 amide bonds. The molecule has 6 heteroatoms. The van der Waals surface area contributed by atoms with Crippen LogP contribution in [0.25, 0.3) is 10.9 Å². The summed E-state index contributed by atoms with van der Waals surface area (Å²) in [5.74, 6) is 1.35. The van der Waals surface area contributed by atoms with Crippen LogP contribution in [0.3, 0.4) is 0 Å². The molecule has 0 saturated heterocycles. The van der Waals surface area contributed by atoms with Crippen molar-refractivity contribution in [3.63, 3.8) is 0 Å². The van der Waals surface area contributed by atoms with Crippen LogP contribution in [0.5, 0.6) is 5.75 Å². The molecule has 0 aliphatic heterocycles. The summed E-state index contributed by atoms with van der Waals surface area (Å²) in [6.07, 6.45) is 2.24. The summed E-state index contributed by atoms with van der Waals surface area (Å²) < 4.78 is 7.79. The highest BCUT2D eigenvalue weighted by Crippen LogP contribution is 2.17. The molecule has 3 aromatic rings. The number of fused-ring (bicyclic) bond motifs is 1. The van der Waals surface area contributed by atoms with Gasteiger partial charge in [0.1, 0.15) is 11.6 Å². The molecule has 0 spiro atoms. The van der Waals surface area contributed by atoms with Gasteiger partial charge in [-0.05, 0) is 37.3 Å². The molecular weight excluding hydrogens is 382 g/mol. The zero-order chi connectivity index (χ0) is 17.8. The van der Waals surface area contributed by atoms with Gasteiger partial charge in [0.2, 0.25) is 0 Å². The van der Waals surface area contributed by atoms with E-state index in [2.05, 4.69) is 26.0 Å². The molecule has 0 saturated carbocycles. The summed E-state index contributed by atoms with van der Waals surface area (Å²) in [4.78, 5) is 17.4. The second-order valence-electron chi connectivity index (χ2n) is 5.38. The Morgan fingerprint density at radius 3 is 2.80 bits per heavy atom. The standard InChI is InChI=1S/C19H18BrN3O2/c1-3-18-22-16-10-9-14(20)11-15(16)19(24)23(18)21-12-13-7-5-6-8-17(13)25-4-2/h5-12H,3-4H2,1-2H3. The van der Waals surface area contributed by atoms with Crippen LogP contribution in [-0.4, -0.2) is 22.5 Å². The molecule has 5 nitrogen and oxygen atoms in total. The Bertz CT molecular complexity index is 996. The summed E-state index contributed by atoms with van der Waals surface area (Å²) in [6.45, 7) is 4.45. The highest BCUT2D eigenvalue weighted by atomic mass is 79.9. The van der Waals surface area contributed by atoms with E-state index < -0.39 is 0 Å². The molecule has 0 unspecified atom stereocenters. The third kappa shape index (κ3) is 3.64. The smallest absolute Gasteiger partial charge is 0.282 e. The first kappa shape index (κ1) is 17.4. The minimum atomic E-state index is -0.187. The fraction of sp³-hybridized carbons (Fsp3) is 0.211. The SMILES string of the molecule is CCOc1ccccc1C=Nn1c(CC)nc2ccc(Br)cc2c1=O. The summed E-state index contributed by atoms with van der Waals surface area (Å²) in [6, 6.07) is 13.1. The van der Waals surface area contributed by atoms with Crippen molar-refractivity contribution in [3.8, 4) is 5.75 Å². The second kappa shape index (κ2) is 7.61. The molecule has 25 heavy (non-hydrogen) atoms. The number of hydrogen-bond acceptors (Lipinski definition) is 4. The van der Waals surface area contributed by atoms with Crippen LogP contribution in [0.4, 0.5) is 0 Å². The largest absolute Gasteiger partial charge is 0.493 e. The number of halogens is 1. The third-order valence-corrected chi connectivity index (χ3v) is 4.22. The number of benzene rings is 2. The number of nitrogens with zero attached hydrogens (tertiary/aromatic N) is 3. The van der Waals surface area contributed by atoms with E-state index in [1.807, 2.05) is 50.2 Å². The van der Waals surface area contributed by atoms with E-state index in [1.54, 1.807) is 12.3 Å². The average molecular weight is 400 g/mol. The molecule has 2 aromatic carbocycles. The summed E-state index contributed by atoms with van der Waals surface area (Å²) in [5.41, 5.74) is 1.30. The molecule has 1 aromatic heterocycles. The topological polar surface area (TPSA) is 56.5 Å². The predicted molar refractivity (Wildman–Crippen MR) is 104 cm³/mol. The van der Waals surface area contributed by atoms with Crippen LogP contribution in [0, 0.1) is 0 Å². The fourth-order valence-electron chi connectivity index (χ4n) is 2.54. The molecule has 0 aliphatic rings. The lowest BCUT2D eigenvalue weighted by molar-refractivity contribution is 0.340. The third-order valence-electron chi connectivity index (χ3n) is 3.72. The van der Waals surface area contributed by atoms with Crippen LogP contribution < -0.4 is 10.3 Å². The summed E-state index contributed by atoms with van der Waals surface area (Å²) in [7, 11) is 0. The Labute approximate surface area is 154 Å². The Morgan fingerprint density at radius 1 is 1.24 bits per heavy atom. The van der Waals surface area contributed by atoms with Gasteiger partial charge in [-0.1, -0.05) is 35.0 Å². The van der Waals surface area contributed by atoms with Gasteiger partial charge in [0.25, 0.3) is 5.56 Å². The first-order valence-electron chi connectivity index (χ1n) is 8.11. The Morgan fingerprint density at radius 2 is 2.04 bits per heavy atom. The summed E-state index contributed by atoms with van der Waals surface area (Å²) in [5, 5.41) is 4.92. The number of para-hydroxylation sites is 1. The van der Waals surface area contributed by atoms with Crippen molar-refractivity contribution in [1.82, 2.24) is 9.66 Å². The van der Waals surface area contributed by atoms with Crippen molar-refractivity contribution >= 4 is 33.0 Å². The lowest BCUT2D eigenvalue weighted by Crippen LogP contribution is -2.22. The Balaban J connectivity index is 2.12. The lowest BCUT2D eigenvalue weighted by Gasteiger charge is -2.09. The monoisotopic (exact) mass is 399 g/mol. The van der Waals surface area contributed by atoms with Crippen molar-refractivity contribution < 1.29 is 4.74 Å². The van der Waals surface area contributed by atoms with E-state index in [1.165, 1.54) is 4.68 Å². The maximum Gasteiger partial charge on any atom is 0.282 e. The zero-order valence-electron chi connectivity index (χ0n) is 14.1. The Kier molecular flexibility index (Phi) is 5.28. The molecule has 0 atom stereocenters. The first-order valence-corrected chi connectivity index (χ1v) is 8.90. The molecule has 128 valence electrons. The van der Waals surface area contributed by atoms with E-state index in [4.69, 9.17) is 4.74 Å². The van der Waals surface area contributed by atoms with Crippen molar-refractivity contribution in [1.29, 1.82) is 0 Å². The van der Waals surface area contributed by atoms with Crippen molar-refractivity contribution in [2.45, 2.75) is 20.3 Å². The van der Waals surface area contributed by atoms with Gasteiger partial charge in [-0.15, -0.1) is 0 Å². The van der Waals surface area contributed by atoms with E-state index >= 15 is 0 Å². The number of hydrogen-bond donors (Lipinski definition) is 0. The van der Waals surface area contributed by atoms with Crippen molar-refractivity contribution in [3.05, 3.63) is 68.7 Å². The quantitative estimate of drug-likeness (QED) is 0.609. The first-order chi connectivity index (χ1) is 12.1. The summed E-state index contributed by atoms with van der Waals surface area (Å²) >= 11 is 3.40. The van der Waals surface area contributed by atoms with Gasteiger partial charge >= 0.3 is 0 Å². The average Bonchev–Trinajstić information content (AvgIpc) is 2.62. The van der Waals surface area contributed by atoms with Crippen molar-refractivity contribution in [2.24, 2.45) is 5.10 Å². The number of aromatic nitrogens is 2. The molecule has 3 rings (SSSR count). The molecule has 1 heterocycles. The van der Waals surface area contributed by atoms with Crippen LogP contribution in [-0.2, 0) is 6.42 Å². The lowest BCUT2D eigenvalue weighted by atomic mass is 10.2. The van der Waals surface area contributed by atoms with Crippen LogP contribution in [0.15, 0.2) is 56.8 Å². The van der Waals surface area contributed by atoms with Gasteiger partial charge in [-0.25, -0.2) is 4.98 Å². The predicted octanol–water partition coefficient (Wildman–Crippen LogP) is 4.00. The number of aryl methyl sites for hydroxylation is 1. The van der Waals surface area contributed by atoms with Gasteiger partial charge in [-0.3, -0.25) is 4.79 Å². The highest BCUT2D eigenvalue weighted by Gasteiger charge is 2.10. The molecule has 0 N–H and O–H groups in total. The molecule has 0 radical (unpaired) electrons. The van der Waals surface area contributed by atoms with E-state index in [0.29, 0.717) is 29.8 Å². The maximum atomic E-state index is 12.8. The van der Waals surface area contributed by atoms with Gasteiger partial charge in [0.05, 0.1) is 23.7 Å². The van der Waals surface area contributed by atoms with Gasteiger partial charge in [0.15, 0.2) is 0 Å².